The lowest BCUT2D eigenvalue weighted by molar-refractivity contribution is -0.121. The molecular formula is C20H22ClFN2O4. The smallest absolute Gasteiger partial charge is 0.252 e. The van der Waals surface area contributed by atoms with Crippen LogP contribution < -0.4 is 20.1 Å². The van der Waals surface area contributed by atoms with E-state index >= 15 is 0 Å². The molecule has 1 atom stereocenters. The first-order valence-electron chi connectivity index (χ1n) is 8.60. The number of carbonyl (C=O) groups excluding carboxylic acids is 2. The molecule has 28 heavy (non-hydrogen) atoms. The molecule has 0 heterocycles. The molecule has 2 amide bonds. The van der Waals surface area contributed by atoms with Crippen LogP contribution in [0.5, 0.6) is 11.5 Å². The van der Waals surface area contributed by atoms with E-state index < -0.39 is 11.7 Å². The summed E-state index contributed by atoms with van der Waals surface area (Å²) < 4.78 is 23.6. The molecule has 2 N–H and O–H groups in total. The quantitative estimate of drug-likeness (QED) is 0.701. The molecule has 2 aromatic rings. The first-order chi connectivity index (χ1) is 13.3. The lowest BCUT2D eigenvalue weighted by Gasteiger charge is -2.18. The number of hydrogen-bond donors (Lipinski definition) is 2. The fourth-order valence-corrected chi connectivity index (χ4v) is 2.88. The van der Waals surface area contributed by atoms with Gasteiger partial charge in [0.1, 0.15) is 17.3 Å². The number of halogens is 2. The molecule has 0 spiro atoms. The van der Waals surface area contributed by atoms with E-state index in [0.29, 0.717) is 11.5 Å². The normalized spacial score (nSPS) is 11.5. The molecule has 0 bridgehead atoms. The van der Waals surface area contributed by atoms with Crippen molar-refractivity contribution in [2.45, 2.75) is 19.4 Å². The molecule has 8 heteroatoms. The van der Waals surface area contributed by atoms with Crippen LogP contribution in [0.1, 0.15) is 35.3 Å². The Balaban J connectivity index is 1.89. The minimum absolute atomic E-state index is 0.0145. The molecule has 0 aliphatic rings. The predicted molar refractivity (Wildman–Crippen MR) is 104 cm³/mol. The van der Waals surface area contributed by atoms with Crippen molar-refractivity contribution in [3.05, 3.63) is 58.4 Å². The van der Waals surface area contributed by atoms with Crippen LogP contribution in [0.2, 0.25) is 5.02 Å². The zero-order valence-electron chi connectivity index (χ0n) is 15.8. The first kappa shape index (κ1) is 21.5. The van der Waals surface area contributed by atoms with Crippen molar-refractivity contribution in [2.24, 2.45) is 0 Å². The Morgan fingerprint density at radius 2 is 1.89 bits per heavy atom. The third kappa shape index (κ3) is 5.60. The zero-order chi connectivity index (χ0) is 20.7. The van der Waals surface area contributed by atoms with Gasteiger partial charge < -0.3 is 20.1 Å². The van der Waals surface area contributed by atoms with Gasteiger partial charge in [-0.3, -0.25) is 9.59 Å². The Morgan fingerprint density at radius 3 is 2.54 bits per heavy atom. The van der Waals surface area contributed by atoms with Gasteiger partial charge in [0.25, 0.3) is 5.91 Å². The zero-order valence-corrected chi connectivity index (χ0v) is 16.6. The molecule has 1 unspecified atom stereocenters. The molecule has 2 aromatic carbocycles. The summed E-state index contributed by atoms with van der Waals surface area (Å²) in [5, 5.41) is 5.46. The molecule has 0 saturated heterocycles. The number of amides is 2. The van der Waals surface area contributed by atoms with E-state index in [1.54, 1.807) is 32.4 Å². The summed E-state index contributed by atoms with van der Waals surface area (Å²) in [4.78, 5) is 24.3. The molecule has 0 radical (unpaired) electrons. The van der Waals surface area contributed by atoms with Crippen molar-refractivity contribution in [3.63, 3.8) is 0 Å². The van der Waals surface area contributed by atoms with Crippen LogP contribution in [0, 0.1) is 5.82 Å². The van der Waals surface area contributed by atoms with E-state index in [1.165, 1.54) is 6.07 Å². The number of hydrogen-bond acceptors (Lipinski definition) is 4. The van der Waals surface area contributed by atoms with Crippen LogP contribution >= 0.6 is 11.6 Å². The van der Waals surface area contributed by atoms with Crippen molar-refractivity contribution in [3.8, 4) is 11.5 Å². The van der Waals surface area contributed by atoms with Gasteiger partial charge in [-0.2, -0.15) is 0 Å². The van der Waals surface area contributed by atoms with Gasteiger partial charge in [-0.05, 0) is 43.3 Å². The molecule has 150 valence electrons. The molecule has 0 fully saturated rings. The Morgan fingerprint density at radius 1 is 1.14 bits per heavy atom. The van der Waals surface area contributed by atoms with Gasteiger partial charge >= 0.3 is 0 Å². The molecule has 0 aromatic heterocycles. The van der Waals surface area contributed by atoms with Gasteiger partial charge in [0.05, 0.1) is 30.8 Å². The minimum atomic E-state index is -0.525. The van der Waals surface area contributed by atoms with Crippen LogP contribution in [0.3, 0.4) is 0 Å². The van der Waals surface area contributed by atoms with Gasteiger partial charge in [0, 0.05) is 18.5 Å². The maximum absolute atomic E-state index is 13.0. The van der Waals surface area contributed by atoms with Crippen molar-refractivity contribution in [1.82, 2.24) is 10.6 Å². The molecule has 0 aliphatic heterocycles. The third-order valence-corrected chi connectivity index (χ3v) is 4.41. The SMILES string of the molecule is COc1ccc(OC)c(C(C)NC(=O)CCNC(=O)c2ccc(F)cc2Cl)c1. The highest BCUT2D eigenvalue weighted by Gasteiger charge is 2.16. The second-order valence-corrected chi connectivity index (χ2v) is 6.43. The Labute approximate surface area is 168 Å². The maximum Gasteiger partial charge on any atom is 0.252 e. The molecular weight excluding hydrogens is 387 g/mol. The largest absolute Gasteiger partial charge is 0.497 e. The Kier molecular flexibility index (Phi) is 7.63. The van der Waals surface area contributed by atoms with E-state index in [-0.39, 0.29) is 35.5 Å². The third-order valence-electron chi connectivity index (χ3n) is 4.09. The van der Waals surface area contributed by atoms with Crippen LogP contribution in [0.25, 0.3) is 0 Å². The minimum Gasteiger partial charge on any atom is -0.497 e. The maximum atomic E-state index is 13.0. The fraction of sp³-hybridized carbons (Fsp3) is 0.300. The van der Waals surface area contributed by atoms with E-state index in [4.69, 9.17) is 21.1 Å². The van der Waals surface area contributed by atoms with E-state index in [9.17, 15) is 14.0 Å². The van der Waals surface area contributed by atoms with Crippen LogP contribution in [0.15, 0.2) is 36.4 Å². The van der Waals surface area contributed by atoms with E-state index in [1.807, 2.05) is 6.92 Å². The Bertz CT molecular complexity index is 860. The second-order valence-electron chi connectivity index (χ2n) is 6.03. The van der Waals surface area contributed by atoms with Gasteiger partial charge in [0.15, 0.2) is 0 Å². The van der Waals surface area contributed by atoms with E-state index in [2.05, 4.69) is 10.6 Å². The lowest BCUT2D eigenvalue weighted by Crippen LogP contribution is -2.32. The summed E-state index contributed by atoms with van der Waals surface area (Å²) in [7, 11) is 3.11. The van der Waals surface area contributed by atoms with Gasteiger partial charge in [-0.1, -0.05) is 11.6 Å². The number of methoxy groups -OCH3 is 2. The topological polar surface area (TPSA) is 76.7 Å². The Hall–Kier alpha value is -2.80. The molecule has 0 aliphatic carbocycles. The summed E-state index contributed by atoms with van der Waals surface area (Å²) in [6, 6.07) is 8.52. The van der Waals surface area contributed by atoms with Gasteiger partial charge in [0.2, 0.25) is 5.91 Å². The number of nitrogens with one attached hydrogen (secondary N) is 2. The average molecular weight is 409 g/mol. The standard InChI is InChI=1S/C20H22ClFN2O4/c1-12(16-11-14(27-2)5-7-18(16)28-3)24-19(25)8-9-23-20(26)15-6-4-13(22)10-17(15)21/h4-7,10-12H,8-9H2,1-3H3,(H,23,26)(H,24,25). The highest BCUT2D eigenvalue weighted by molar-refractivity contribution is 6.33. The van der Waals surface area contributed by atoms with Crippen molar-refractivity contribution in [1.29, 1.82) is 0 Å². The van der Waals surface area contributed by atoms with Crippen molar-refractivity contribution in [2.75, 3.05) is 20.8 Å². The highest BCUT2D eigenvalue weighted by Crippen LogP contribution is 2.29. The summed E-state index contributed by atoms with van der Waals surface area (Å²) >= 11 is 5.85. The van der Waals surface area contributed by atoms with E-state index in [0.717, 1.165) is 17.7 Å². The van der Waals surface area contributed by atoms with Crippen molar-refractivity contribution >= 4 is 23.4 Å². The highest BCUT2D eigenvalue weighted by atomic mass is 35.5. The number of benzene rings is 2. The number of ether oxygens (including phenoxy) is 2. The predicted octanol–water partition coefficient (Wildman–Crippen LogP) is 3.49. The lowest BCUT2D eigenvalue weighted by atomic mass is 10.1. The monoisotopic (exact) mass is 408 g/mol. The molecule has 2 rings (SSSR count). The number of carbonyl (C=O) groups is 2. The van der Waals surface area contributed by atoms with Gasteiger partial charge in [-0.15, -0.1) is 0 Å². The van der Waals surface area contributed by atoms with Crippen LogP contribution in [0.4, 0.5) is 4.39 Å². The summed E-state index contributed by atoms with van der Waals surface area (Å²) in [6.07, 6.45) is 0.0706. The van der Waals surface area contributed by atoms with Gasteiger partial charge in [-0.25, -0.2) is 4.39 Å². The van der Waals surface area contributed by atoms with Crippen LogP contribution in [-0.4, -0.2) is 32.6 Å². The fourth-order valence-electron chi connectivity index (χ4n) is 2.63. The average Bonchev–Trinajstić information content (AvgIpc) is 2.67. The van der Waals surface area contributed by atoms with Crippen molar-refractivity contribution < 1.29 is 23.5 Å². The molecule has 6 nitrogen and oxygen atoms in total. The first-order valence-corrected chi connectivity index (χ1v) is 8.98. The summed E-state index contributed by atoms with van der Waals surface area (Å²) in [5.74, 6) is 0.0410. The number of rotatable bonds is 8. The second kappa shape index (κ2) is 9.94. The summed E-state index contributed by atoms with van der Waals surface area (Å²) in [5.41, 5.74) is 0.926. The summed E-state index contributed by atoms with van der Waals surface area (Å²) in [6.45, 7) is 1.94. The molecule has 0 saturated carbocycles. The van der Waals surface area contributed by atoms with Crippen LogP contribution in [-0.2, 0) is 4.79 Å².